The number of ether oxygens (including phenoxy) is 2. The van der Waals surface area contributed by atoms with Crippen molar-refractivity contribution in [1.82, 2.24) is 9.80 Å². The zero-order valence-corrected chi connectivity index (χ0v) is 19.2. The largest absolute Gasteiger partial charge is 0.476 e. The Morgan fingerprint density at radius 1 is 0.879 bits per heavy atom. The molecule has 3 aliphatic heterocycles. The molecule has 174 valence electrons. The van der Waals surface area contributed by atoms with E-state index >= 15 is 0 Å². The molecule has 4 heterocycles. The SMILES string of the molecule is O=C(c1cccs1)N1CCC(C(=O)N2CC(C(=O)N3CCOCC3)Oc3ccccc32)CC1. The number of rotatable bonds is 3. The lowest BCUT2D eigenvalue weighted by molar-refractivity contribution is -0.143. The van der Waals surface area contributed by atoms with Gasteiger partial charge < -0.3 is 24.2 Å². The zero-order chi connectivity index (χ0) is 22.8. The standard InChI is InChI=1S/C24H27N3O5S/c28-22(17-7-9-25(10-8-17)24(30)21-6-3-15-33-21)27-16-20(23(29)26-11-13-31-14-12-26)32-19-5-2-1-4-18(19)27/h1-6,15,17,20H,7-14,16H2. The topological polar surface area (TPSA) is 79.4 Å². The number of benzene rings is 1. The van der Waals surface area contributed by atoms with Crippen molar-refractivity contribution in [3.63, 3.8) is 0 Å². The van der Waals surface area contributed by atoms with Gasteiger partial charge in [0.15, 0.2) is 6.10 Å². The maximum absolute atomic E-state index is 13.6. The van der Waals surface area contributed by atoms with E-state index in [0.717, 1.165) is 4.88 Å². The summed E-state index contributed by atoms with van der Waals surface area (Å²) in [6.45, 7) is 3.39. The molecule has 0 saturated carbocycles. The number of hydrogen-bond acceptors (Lipinski definition) is 6. The van der Waals surface area contributed by atoms with Crippen LogP contribution in [0.25, 0.3) is 0 Å². The molecular formula is C24H27N3O5S. The van der Waals surface area contributed by atoms with Gasteiger partial charge >= 0.3 is 0 Å². The molecule has 5 rings (SSSR count). The first kappa shape index (κ1) is 21.9. The molecule has 3 amide bonds. The summed E-state index contributed by atoms with van der Waals surface area (Å²) in [5, 5.41) is 1.90. The van der Waals surface area contributed by atoms with E-state index in [4.69, 9.17) is 9.47 Å². The van der Waals surface area contributed by atoms with E-state index in [9.17, 15) is 14.4 Å². The van der Waals surface area contributed by atoms with E-state index in [1.54, 1.807) is 15.9 Å². The highest BCUT2D eigenvalue weighted by Gasteiger charge is 2.39. The number of hydrogen-bond donors (Lipinski definition) is 0. The van der Waals surface area contributed by atoms with E-state index in [1.165, 1.54) is 11.3 Å². The highest BCUT2D eigenvalue weighted by molar-refractivity contribution is 7.12. The van der Waals surface area contributed by atoms with Gasteiger partial charge in [-0.3, -0.25) is 14.4 Å². The number of para-hydroxylation sites is 2. The van der Waals surface area contributed by atoms with Gasteiger partial charge in [-0.25, -0.2) is 0 Å². The summed E-state index contributed by atoms with van der Waals surface area (Å²) < 4.78 is 11.4. The predicted octanol–water partition coefficient (Wildman–Crippen LogP) is 2.25. The molecule has 2 aromatic rings. The Balaban J connectivity index is 1.28. The number of piperidine rings is 1. The molecule has 1 aromatic heterocycles. The van der Waals surface area contributed by atoms with Crippen molar-refractivity contribution in [3.8, 4) is 5.75 Å². The van der Waals surface area contributed by atoms with Gasteiger partial charge in [0.25, 0.3) is 11.8 Å². The second-order valence-corrected chi connectivity index (χ2v) is 9.45. The fraction of sp³-hybridized carbons (Fsp3) is 0.458. The number of fused-ring (bicyclic) bond motifs is 1. The van der Waals surface area contributed by atoms with E-state index in [-0.39, 0.29) is 30.2 Å². The van der Waals surface area contributed by atoms with E-state index in [2.05, 4.69) is 0 Å². The number of carbonyl (C=O) groups is 3. The number of morpholine rings is 1. The van der Waals surface area contributed by atoms with Crippen LogP contribution in [-0.2, 0) is 14.3 Å². The number of likely N-dealkylation sites (tertiary alicyclic amines) is 1. The molecule has 1 aromatic carbocycles. The van der Waals surface area contributed by atoms with Crippen molar-refractivity contribution >= 4 is 34.7 Å². The van der Waals surface area contributed by atoms with Crippen molar-refractivity contribution < 1.29 is 23.9 Å². The van der Waals surface area contributed by atoms with Crippen molar-refractivity contribution in [1.29, 1.82) is 0 Å². The fourth-order valence-electron chi connectivity index (χ4n) is 4.67. The molecule has 0 aliphatic carbocycles. The lowest BCUT2D eigenvalue weighted by atomic mass is 9.94. The highest BCUT2D eigenvalue weighted by atomic mass is 32.1. The number of carbonyl (C=O) groups excluding carboxylic acids is 3. The Labute approximate surface area is 196 Å². The van der Waals surface area contributed by atoms with Crippen LogP contribution in [0.3, 0.4) is 0 Å². The minimum Gasteiger partial charge on any atom is -0.476 e. The zero-order valence-electron chi connectivity index (χ0n) is 18.4. The Hall–Kier alpha value is -2.91. The molecule has 1 unspecified atom stereocenters. The summed E-state index contributed by atoms with van der Waals surface area (Å²) in [6.07, 6.45) is 0.484. The normalized spacial score (nSPS) is 21.3. The second-order valence-electron chi connectivity index (χ2n) is 8.50. The summed E-state index contributed by atoms with van der Waals surface area (Å²) in [6, 6.07) is 11.1. The first-order valence-electron chi connectivity index (χ1n) is 11.4. The van der Waals surface area contributed by atoms with Crippen molar-refractivity contribution in [2.45, 2.75) is 18.9 Å². The van der Waals surface area contributed by atoms with Gasteiger partial charge in [-0.15, -0.1) is 11.3 Å². The van der Waals surface area contributed by atoms with Crippen molar-refractivity contribution in [2.24, 2.45) is 5.92 Å². The second kappa shape index (κ2) is 9.52. The lowest BCUT2D eigenvalue weighted by Gasteiger charge is -2.39. The molecule has 9 heteroatoms. The van der Waals surface area contributed by atoms with Crippen LogP contribution in [-0.4, -0.2) is 79.6 Å². The van der Waals surface area contributed by atoms with Crippen LogP contribution in [0.2, 0.25) is 0 Å². The average molecular weight is 470 g/mol. The Kier molecular flexibility index (Phi) is 6.32. The van der Waals surface area contributed by atoms with Crippen LogP contribution in [0.1, 0.15) is 22.5 Å². The highest BCUT2D eigenvalue weighted by Crippen LogP contribution is 2.36. The van der Waals surface area contributed by atoms with Crippen LogP contribution in [0.5, 0.6) is 5.75 Å². The molecule has 3 aliphatic rings. The van der Waals surface area contributed by atoms with E-state index in [1.807, 2.05) is 40.6 Å². The van der Waals surface area contributed by atoms with Crippen LogP contribution in [0.15, 0.2) is 41.8 Å². The fourth-order valence-corrected chi connectivity index (χ4v) is 5.36. The maximum atomic E-state index is 13.6. The van der Waals surface area contributed by atoms with Gasteiger partial charge in [-0.1, -0.05) is 18.2 Å². The minimum atomic E-state index is -0.734. The van der Waals surface area contributed by atoms with Gasteiger partial charge in [-0.2, -0.15) is 0 Å². The molecule has 0 spiro atoms. The smallest absolute Gasteiger partial charge is 0.265 e. The van der Waals surface area contributed by atoms with Gasteiger partial charge in [-0.05, 0) is 36.4 Å². The summed E-state index contributed by atoms with van der Waals surface area (Å²) in [5.74, 6) is 0.274. The maximum Gasteiger partial charge on any atom is 0.265 e. The quantitative estimate of drug-likeness (QED) is 0.689. The van der Waals surface area contributed by atoms with Gasteiger partial charge in [0.1, 0.15) is 5.75 Å². The van der Waals surface area contributed by atoms with E-state index < -0.39 is 6.10 Å². The van der Waals surface area contributed by atoms with Gasteiger partial charge in [0.05, 0.1) is 30.3 Å². The monoisotopic (exact) mass is 469 g/mol. The van der Waals surface area contributed by atoms with Gasteiger partial charge in [0, 0.05) is 32.1 Å². The number of nitrogens with zero attached hydrogens (tertiary/aromatic N) is 3. The molecule has 2 fully saturated rings. The summed E-state index contributed by atoms with van der Waals surface area (Å²) in [5.41, 5.74) is 0.700. The average Bonchev–Trinajstić information content (AvgIpc) is 3.42. The van der Waals surface area contributed by atoms with Gasteiger partial charge in [0.2, 0.25) is 5.91 Å². The first-order chi connectivity index (χ1) is 16.1. The Bertz CT molecular complexity index is 1010. The first-order valence-corrected chi connectivity index (χ1v) is 12.3. The molecule has 0 N–H and O–H groups in total. The van der Waals surface area contributed by atoms with E-state index in [0.29, 0.717) is 63.7 Å². The minimum absolute atomic E-state index is 0.00579. The number of amides is 3. The summed E-state index contributed by atoms with van der Waals surface area (Å²) >= 11 is 1.44. The van der Waals surface area contributed by atoms with Crippen LogP contribution in [0, 0.1) is 5.92 Å². The third kappa shape index (κ3) is 4.47. The third-order valence-electron chi connectivity index (χ3n) is 6.50. The molecule has 8 nitrogen and oxygen atoms in total. The van der Waals surface area contributed by atoms with Crippen molar-refractivity contribution in [2.75, 3.05) is 50.8 Å². The Morgan fingerprint density at radius 2 is 1.64 bits per heavy atom. The Morgan fingerprint density at radius 3 is 2.36 bits per heavy atom. The molecule has 2 saturated heterocycles. The molecular weight excluding hydrogens is 442 g/mol. The summed E-state index contributed by atoms with van der Waals surface area (Å²) in [7, 11) is 0. The van der Waals surface area contributed by atoms with Crippen LogP contribution < -0.4 is 9.64 Å². The van der Waals surface area contributed by atoms with Crippen LogP contribution in [0.4, 0.5) is 5.69 Å². The molecule has 33 heavy (non-hydrogen) atoms. The lowest BCUT2D eigenvalue weighted by Crippen LogP contribution is -2.55. The number of thiophene rings is 1. The summed E-state index contributed by atoms with van der Waals surface area (Å²) in [4.78, 5) is 45.4. The predicted molar refractivity (Wildman–Crippen MR) is 124 cm³/mol. The molecule has 0 bridgehead atoms. The van der Waals surface area contributed by atoms with Crippen LogP contribution >= 0.6 is 11.3 Å². The molecule has 1 atom stereocenters. The number of anilines is 1. The molecule has 0 radical (unpaired) electrons. The third-order valence-corrected chi connectivity index (χ3v) is 7.36. The van der Waals surface area contributed by atoms with Crippen molar-refractivity contribution in [3.05, 3.63) is 46.7 Å².